The highest BCUT2D eigenvalue weighted by Crippen LogP contribution is 2.30. The number of nitrogens with zero attached hydrogens (tertiary/aromatic N) is 5. The maximum absolute atomic E-state index is 10.6. The third-order valence-corrected chi connectivity index (χ3v) is 5.53. The van der Waals surface area contributed by atoms with Crippen molar-refractivity contribution in [1.29, 1.82) is 0 Å². The molecule has 1 aliphatic rings. The summed E-state index contributed by atoms with van der Waals surface area (Å²) >= 11 is 0. The summed E-state index contributed by atoms with van der Waals surface area (Å²) in [6, 6.07) is 10.8. The summed E-state index contributed by atoms with van der Waals surface area (Å²) in [7, 11) is 1.94. The van der Waals surface area contributed by atoms with E-state index in [1.165, 1.54) is 11.1 Å². The lowest BCUT2D eigenvalue weighted by Crippen LogP contribution is -2.35. The average molecular weight is 365 g/mol. The van der Waals surface area contributed by atoms with Crippen molar-refractivity contribution in [3.05, 3.63) is 72.1 Å². The van der Waals surface area contributed by atoms with Crippen molar-refractivity contribution in [2.45, 2.75) is 32.0 Å². The molecule has 3 aromatic rings. The predicted octanol–water partition coefficient (Wildman–Crippen LogP) is 2.61. The zero-order valence-electron chi connectivity index (χ0n) is 15.8. The second-order valence-electron chi connectivity index (χ2n) is 7.47. The number of aliphatic hydroxyl groups is 1. The number of aliphatic hydroxyl groups excluding tert-OH is 1. The van der Waals surface area contributed by atoms with Gasteiger partial charge in [-0.3, -0.25) is 9.58 Å². The smallest absolute Gasteiger partial charge is 0.137 e. The fraction of sp³-hybridized carbons (Fsp3) is 0.429. The van der Waals surface area contributed by atoms with Gasteiger partial charge in [-0.05, 0) is 49.0 Å². The van der Waals surface area contributed by atoms with Crippen molar-refractivity contribution in [2.24, 2.45) is 13.0 Å². The van der Waals surface area contributed by atoms with Gasteiger partial charge >= 0.3 is 0 Å². The molecule has 1 atom stereocenters. The third-order valence-electron chi connectivity index (χ3n) is 5.53. The van der Waals surface area contributed by atoms with Crippen LogP contribution in [0.15, 0.2) is 55.1 Å². The van der Waals surface area contributed by atoms with E-state index in [1.807, 2.05) is 41.0 Å². The van der Waals surface area contributed by atoms with Gasteiger partial charge in [-0.2, -0.15) is 5.10 Å². The summed E-state index contributed by atoms with van der Waals surface area (Å²) in [5, 5.41) is 14.9. The van der Waals surface area contributed by atoms with Crippen molar-refractivity contribution >= 4 is 0 Å². The largest absolute Gasteiger partial charge is 0.385 e. The van der Waals surface area contributed by atoms with Gasteiger partial charge in [0.25, 0.3) is 0 Å². The van der Waals surface area contributed by atoms with Gasteiger partial charge in [0.05, 0.1) is 6.54 Å². The Kier molecular flexibility index (Phi) is 5.36. The molecule has 0 spiro atoms. The van der Waals surface area contributed by atoms with Crippen LogP contribution in [0.5, 0.6) is 0 Å². The van der Waals surface area contributed by atoms with Gasteiger partial charge in [-0.15, -0.1) is 0 Å². The molecule has 4 rings (SSSR count). The molecule has 142 valence electrons. The zero-order valence-corrected chi connectivity index (χ0v) is 15.8. The zero-order chi connectivity index (χ0) is 18.6. The first-order chi connectivity index (χ1) is 13.2. The fourth-order valence-corrected chi connectivity index (χ4v) is 3.89. The number of hydrogen-bond acceptors (Lipinski definition) is 4. The van der Waals surface area contributed by atoms with E-state index in [0.29, 0.717) is 5.92 Å². The fourth-order valence-electron chi connectivity index (χ4n) is 3.89. The van der Waals surface area contributed by atoms with Crippen LogP contribution in [0.4, 0.5) is 0 Å². The number of aryl methyl sites for hydroxylation is 1. The number of hydrogen-bond donors (Lipinski definition) is 1. The summed E-state index contributed by atoms with van der Waals surface area (Å²) < 4.78 is 3.86. The molecule has 1 aromatic carbocycles. The topological polar surface area (TPSA) is 59.1 Å². The van der Waals surface area contributed by atoms with Crippen LogP contribution in [0.1, 0.15) is 35.9 Å². The Labute approximate surface area is 160 Å². The molecule has 0 bridgehead atoms. The maximum atomic E-state index is 10.6. The highest BCUT2D eigenvalue weighted by Gasteiger charge is 2.28. The van der Waals surface area contributed by atoms with Gasteiger partial charge in [0.15, 0.2) is 0 Å². The molecule has 1 N–H and O–H groups in total. The van der Waals surface area contributed by atoms with Gasteiger partial charge in [0.2, 0.25) is 0 Å². The quantitative estimate of drug-likeness (QED) is 0.729. The molecule has 0 radical (unpaired) electrons. The minimum atomic E-state index is -0.464. The van der Waals surface area contributed by atoms with E-state index < -0.39 is 6.10 Å². The Morgan fingerprint density at radius 1 is 1.04 bits per heavy atom. The molecule has 0 aliphatic carbocycles. The van der Waals surface area contributed by atoms with E-state index in [9.17, 15) is 5.11 Å². The SMILES string of the molecule is Cn1ccnc1[C@H](O)C1CCN(Cc2ccc(Cn3cccn3)cc2)CC1. The summed E-state index contributed by atoms with van der Waals surface area (Å²) in [4.78, 5) is 6.78. The lowest BCUT2D eigenvalue weighted by atomic mass is 9.90. The van der Waals surface area contributed by atoms with Crippen LogP contribution < -0.4 is 0 Å². The first kappa shape index (κ1) is 17.9. The summed E-state index contributed by atoms with van der Waals surface area (Å²) in [5.41, 5.74) is 2.60. The highest BCUT2D eigenvalue weighted by molar-refractivity contribution is 5.22. The molecule has 27 heavy (non-hydrogen) atoms. The van der Waals surface area contributed by atoms with Crippen LogP contribution in [0, 0.1) is 5.92 Å². The Bertz CT molecular complexity index is 832. The summed E-state index contributed by atoms with van der Waals surface area (Å²) in [5.74, 6) is 1.07. The van der Waals surface area contributed by atoms with Gasteiger partial charge in [-0.1, -0.05) is 24.3 Å². The molecule has 0 unspecified atom stereocenters. The van der Waals surface area contributed by atoms with Crippen molar-refractivity contribution in [1.82, 2.24) is 24.2 Å². The number of piperidine rings is 1. The number of benzene rings is 1. The normalized spacial score (nSPS) is 17.3. The van der Waals surface area contributed by atoms with E-state index in [-0.39, 0.29) is 0 Å². The van der Waals surface area contributed by atoms with E-state index in [1.54, 1.807) is 6.20 Å². The molecule has 1 saturated heterocycles. The first-order valence-corrected chi connectivity index (χ1v) is 9.62. The summed E-state index contributed by atoms with van der Waals surface area (Å²) in [6.45, 7) is 3.80. The predicted molar refractivity (Wildman–Crippen MR) is 104 cm³/mol. The van der Waals surface area contributed by atoms with Crippen LogP contribution in [0.3, 0.4) is 0 Å². The lowest BCUT2D eigenvalue weighted by Gasteiger charge is -2.34. The first-order valence-electron chi connectivity index (χ1n) is 9.62. The third kappa shape index (κ3) is 4.28. The maximum Gasteiger partial charge on any atom is 0.137 e. The van der Waals surface area contributed by atoms with Crippen LogP contribution in [-0.4, -0.2) is 42.4 Å². The van der Waals surface area contributed by atoms with Crippen molar-refractivity contribution in [2.75, 3.05) is 13.1 Å². The second-order valence-corrected chi connectivity index (χ2v) is 7.47. The van der Waals surface area contributed by atoms with Gasteiger partial charge in [0, 0.05) is 38.4 Å². The monoisotopic (exact) mass is 365 g/mol. The van der Waals surface area contributed by atoms with E-state index >= 15 is 0 Å². The van der Waals surface area contributed by atoms with E-state index in [4.69, 9.17) is 0 Å². The van der Waals surface area contributed by atoms with Crippen LogP contribution in [0.2, 0.25) is 0 Å². The Hall–Kier alpha value is -2.44. The molecule has 6 nitrogen and oxygen atoms in total. The van der Waals surface area contributed by atoms with Crippen molar-refractivity contribution < 1.29 is 5.11 Å². The molecule has 6 heteroatoms. The molecular weight excluding hydrogens is 338 g/mol. The Morgan fingerprint density at radius 3 is 2.33 bits per heavy atom. The summed E-state index contributed by atoms with van der Waals surface area (Å²) in [6.07, 6.45) is 8.98. The average Bonchev–Trinajstić information content (AvgIpc) is 3.35. The minimum Gasteiger partial charge on any atom is -0.385 e. The Morgan fingerprint density at radius 2 is 1.74 bits per heavy atom. The number of rotatable bonds is 6. The van der Waals surface area contributed by atoms with Gasteiger partial charge < -0.3 is 9.67 Å². The molecule has 0 amide bonds. The lowest BCUT2D eigenvalue weighted by molar-refractivity contribution is 0.0492. The van der Waals surface area contributed by atoms with Crippen molar-refractivity contribution in [3.63, 3.8) is 0 Å². The molecule has 1 aliphatic heterocycles. The molecule has 3 heterocycles. The molecular formula is C21H27N5O. The van der Waals surface area contributed by atoms with Crippen molar-refractivity contribution in [3.8, 4) is 0 Å². The van der Waals surface area contributed by atoms with E-state index in [2.05, 4.69) is 39.2 Å². The number of aromatic nitrogens is 4. The molecule has 2 aromatic heterocycles. The minimum absolute atomic E-state index is 0.291. The van der Waals surface area contributed by atoms with Crippen LogP contribution in [-0.2, 0) is 20.1 Å². The molecule has 0 saturated carbocycles. The number of likely N-dealkylation sites (tertiary alicyclic amines) is 1. The highest BCUT2D eigenvalue weighted by atomic mass is 16.3. The van der Waals surface area contributed by atoms with Crippen LogP contribution in [0.25, 0.3) is 0 Å². The van der Waals surface area contributed by atoms with Gasteiger partial charge in [0.1, 0.15) is 11.9 Å². The van der Waals surface area contributed by atoms with Crippen LogP contribution >= 0.6 is 0 Å². The van der Waals surface area contributed by atoms with E-state index in [0.717, 1.165) is 44.8 Å². The van der Waals surface area contributed by atoms with Gasteiger partial charge in [-0.25, -0.2) is 4.98 Å². The number of imidazole rings is 1. The molecule has 1 fully saturated rings. The second kappa shape index (κ2) is 8.06. The Balaban J connectivity index is 1.28. The standard InChI is InChI=1S/C21H27N5O/c1-24-14-10-22-21(24)20(27)19-7-12-25(13-8-19)15-17-3-5-18(6-4-17)16-26-11-2-9-23-26/h2-6,9-11,14,19-20,27H,7-8,12-13,15-16H2,1H3/t20-/m1/s1.